The van der Waals surface area contributed by atoms with E-state index >= 15 is 0 Å². The van der Waals surface area contributed by atoms with Crippen molar-refractivity contribution in [1.29, 1.82) is 0 Å². The average Bonchev–Trinajstić information content (AvgIpc) is 3.13. The molecule has 0 amide bonds. The van der Waals surface area contributed by atoms with Crippen molar-refractivity contribution in [2.24, 2.45) is 0 Å². The molecule has 3 aromatic carbocycles. The number of rotatable bonds is 9. The first-order chi connectivity index (χ1) is 17.0. The quantitative estimate of drug-likeness (QED) is 0.251. The zero-order chi connectivity index (χ0) is 24.4. The summed E-state index contributed by atoms with van der Waals surface area (Å²) in [4.78, 5) is 13.0. The van der Waals surface area contributed by atoms with Gasteiger partial charge in [-0.1, -0.05) is 70.1 Å². The maximum Gasteiger partial charge on any atom is 0.340 e. The highest BCUT2D eigenvalue weighted by Gasteiger charge is 2.54. The van der Waals surface area contributed by atoms with Gasteiger partial charge in [-0.25, -0.2) is 4.79 Å². The topological polar surface area (TPSA) is 76.0 Å². The molecule has 0 fully saturated rings. The lowest BCUT2D eigenvalue weighted by atomic mass is 9.75. The number of aromatic hydroxyl groups is 2. The molecule has 5 heteroatoms. The van der Waals surface area contributed by atoms with Gasteiger partial charge in [0.05, 0.1) is 11.1 Å². The normalized spacial score (nSPS) is 17.5. The van der Waals surface area contributed by atoms with Gasteiger partial charge in [0.2, 0.25) is 0 Å². The Morgan fingerprint density at radius 1 is 0.771 bits per heavy atom. The highest BCUT2D eigenvalue weighted by Crippen LogP contribution is 2.58. The van der Waals surface area contributed by atoms with Crippen molar-refractivity contribution >= 4 is 5.97 Å². The van der Waals surface area contributed by atoms with Crippen LogP contribution in [0.5, 0.6) is 23.0 Å². The number of esters is 1. The molecule has 0 aromatic heterocycles. The molecule has 2 N–H and O–H groups in total. The Morgan fingerprint density at radius 3 is 2.29 bits per heavy atom. The van der Waals surface area contributed by atoms with Crippen LogP contribution in [-0.2, 0) is 16.8 Å². The molecule has 5 nitrogen and oxygen atoms in total. The second-order valence-corrected chi connectivity index (χ2v) is 9.60. The van der Waals surface area contributed by atoms with Crippen molar-refractivity contribution in [3.8, 4) is 23.0 Å². The summed E-state index contributed by atoms with van der Waals surface area (Å²) in [5.74, 6) is 0.625. The predicted molar refractivity (Wildman–Crippen MR) is 134 cm³/mol. The largest absolute Gasteiger partial charge is 0.508 e. The van der Waals surface area contributed by atoms with E-state index in [0.717, 1.165) is 36.0 Å². The Kier molecular flexibility index (Phi) is 6.42. The number of unbranched alkanes of at least 4 members (excludes halogenated alkanes) is 7. The second kappa shape index (κ2) is 9.65. The molecule has 1 atom stereocenters. The SMILES string of the molecule is CCCCCCCCCCc1cc(O)cc2c1C1(OC(=O)c3ccccc31)c1ccc(O)cc1O2. The smallest absolute Gasteiger partial charge is 0.340 e. The predicted octanol–water partition coefficient (Wildman–Crippen LogP) is 7.35. The van der Waals surface area contributed by atoms with E-state index in [1.807, 2.05) is 18.2 Å². The van der Waals surface area contributed by atoms with Crippen LogP contribution in [0.1, 0.15) is 90.9 Å². The molecule has 0 saturated carbocycles. The Morgan fingerprint density at radius 2 is 1.49 bits per heavy atom. The third kappa shape index (κ3) is 4.13. The third-order valence-corrected chi connectivity index (χ3v) is 7.16. The number of carbonyl (C=O) groups excluding carboxylic acids is 1. The zero-order valence-electron chi connectivity index (χ0n) is 20.2. The summed E-state index contributed by atoms with van der Waals surface area (Å²) in [5.41, 5.74) is 2.43. The molecule has 0 bridgehead atoms. The molecular weight excluding hydrogens is 440 g/mol. The number of hydrogen-bond acceptors (Lipinski definition) is 5. The number of phenolic OH excluding ortho intramolecular Hbond substituents is 2. The van der Waals surface area contributed by atoms with E-state index in [-0.39, 0.29) is 11.5 Å². The zero-order valence-corrected chi connectivity index (χ0v) is 20.2. The van der Waals surface area contributed by atoms with Crippen molar-refractivity contribution in [3.05, 3.63) is 82.4 Å². The molecule has 2 aliphatic rings. The Balaban J connectivity index is 1.53. The van der Waals surface area contributed by atoms with Crippen LogP contribution in [0.25, 0.3) is 0 Å². The Labute approximate surface area is 206 Å². The first-order valence-corrected chi connectivity index (χ1v) is 12.7. The summed E-state index contributed by atoms with van der Waals surface area (Å²) in [7, 11) is 0. The van der Waals surface area contributed by atoms with Gasteiger partial charge in [0.1, 0.15) is 23.0 Å². The summed E-state index contributed by atoms with van der Waals surface area (Å²) in [6.45, 7) is 2.23. The van der Waals surface area contributed by atoms with Crippen molar-refractivity contribution in [3.63, 3.8) is 0 Å². The van der Waals surface area contributed by atoms with Crippen LogP contribution in [0, 0.1) is 0 Å². The average molecular weight is 473 g/mol. The van der Waals surface area contributed by atoms with E-state index < -0.39 is 11.6 Å². The number of benzene rings is 3. The van der Waals surface area contributed by atoms with Gasteiger partial charge >= 0.3 is 5.97 Å². The van der Waals surface area contributed by atoms with Gasteiger partial charge in [0.15, 0.2) is 5.60 Å². The van der Waals surface area contributed by atoms with E-state index in [2.05, 4.69) is 6.92 Å². The summed E-state index contributed by atoms with van der Waals surface area (Å²) in [6, 6.07) is 15.6. The minimum atomic E-state index is -1.19. The molecule has 0 aliphatic carbocycles. The van der Waals surface area contributed by atoms with Crippen LogP contribution in [0.15, 0.2) is 54.6 Å². The summed E-state index contributed by atoms with van der Waals surface area (Å²) >= 11 is 0. The summed E-state index contributed by atoms with van der Waals surface area (Å²) in [6.07, 6.45) is 10.4. The lowest BCUT2D eigenvalue weighted by molar-refractivity contribution is 0.0221. The first kappa shape index (κ1) is 23.3. The van der Waals surface area contributed by atoms with Crippen LogP contribution in [0.3, 0.4) is 0 Å². The molecule has 2 heterocycles. The second-order valence-electron chi connectivity index (χ2n) is 9.60. The van der Waals surface area contributed by atoms with Gasteiger partial charge in [-0.05, 0) is 42.7 Å². The van der Waals surface area contributed by atoms with Crippen molar-refractivity contribution in [1.82, 2.24) is 0 Å². The maximum absolute atomic E-state index is 13.0. The lowest BCUT2D eigenvalue weighted by Gasteiger charge is -2.38. The third-order valence-electron chi connectivity index (χ3n) is 7.16. The van der Waals surface area contributed by atoms with Gasteiger partial charge < -0.3 is 19.7 Å². The Hall–Kier alpha value is -3.47. The minimum absolute atomic E-state index is 0.0549. The van der Waals surface area contributed by atoms with E-state index in [9.17, 15) is 15.0 Å². The molecule has 1 spiro atoms. The minimum Gasteiger partial charge on any atom is -0.508 e. The molecule has 35 heavy (non-hydrogen) atoms. The van der Waals surface area contributed by atoms with Crippen LogP contribution in [-0.4, -0.2) is 16.2 Å². The standard InChI is InChI=1S/C30H32O5/c1-2-3-4-5-6-7-8-9-12-20-17-22(32)19-27-28(20)30(25-16-15-21(31)18-26(25)34-27)24-14-11-10-13-23(24)29(33)35-30/h10-11,13-19,31-32H,2-9,12H2,1H3. The molecule has 3 aromatic rings. The molecule has 1 unspecified atom stereocenters. The van der Waals surface area contributed by atoms with Crippen molar-refractivity contribution in [2.75, 3.05) is 0 Å². The van der Waals surface area contributed by atoms with Crippen LogP contribution < -0.4 is 4.74 Å². The summed E-state index contributed by atoms with van der Waals surface area (Å²) < 4.78 is 12.4. The fraction of sp³-hybridized carbons (Fsp3) is 0.367. The van der Waals surface area contributed by atoms with E-state index in [0.29, 0.717) is 22.6 Å². The lowest BCUT2D eigenvalue weighted by Crippen LogP contribution is -2.34. The number of hydrogen-bond donors (Lipinski definition) is 2. The fourth-order valence-electron chi connectivity index (χ4n) is 5.53. The van der Waals surface area contributed by atoms with Crippen LogP contribution in [0.2, 0.25) is 0 Å². The molecule has 0 radical (unpaired) electrons. The maximum atomic E-state index is 13.0. The number of phenols is 2. The monoisotopic (exact) mass is 472 g/mol. The highest BCUT2D eigenvalue weighted by molar-refractivity contribution is 5.97. The number of ether oxygens (including phenoxy) is 2. The van der Waals surface area contributed by atoms with E-state index in [1.165, 1.54) is 44.6 Å². The van der Waals surface area contributed by atoms with E-state index in [1.54, 1.807) is 30.3 Å². The van der Waals surface area contributed by atoms with Gasteiger partial charge in [-0.15, -0.1) is 0 Å². The van der Waals surface area contributed by atoms with Crippen LogP contribution >= 0.6 is 0 Å². The van der Waals surface area contributed by atoms with Gasteiger partial charge in [0, 0.05) is 23.3 Å². The first-order valence-electron chi connectivity index (χ1n) is 12.7. The summed E-state index contributed by atoms with van der Waals surface area (Å²) in [5, 5.41) is 20.7. The number of fused-ring (bicyclic) bond motifs is 6. The number of aryl methyl sites for hydroxylation is 1. The molecular formula is C30H32O5. The van der Waals surface area contributed by atoms with Crippen LogP contribution in [0.4, 0.5) is 0 Å². The molecule has 2 aliphatic heterocycles. The van der Waals surface area contributed by atoms with Gasteiger partial charge in [0.25, 0.3) is 0 Å². The van der Waals surface area contributed by atoms with Crippen molar-refractivity contribution < 1.29 is 24.5 Å². The Bertz CT molecular complexity index is 1250. The molecule has 5 rings (SSSR count). The van der Waals surface area contributed by atoms with Crippen molar-refractivity contribution in [2.45, 2.75) is 70.3 Å². The fourth-order valence-corrected chi connectivity index (χ4v) is 5.53. The van der Waals surface area contributed by atoms with Gasteiger partial charge in [-0.2, -0.15) is 0 Å². The van der Waals surface area contributed by atoms with E-state index in [4.69, 9.17) is 9.47 Å². The highest BCUT2D eigenvalue weighted by atomic mass is 16.6. The van der Waals surface area contributed by atoms with Gasteiger partial charge in [-0.3, -0.25) is 0 Å². The number of carbonyl (C=O) groups is 1. The molecule has 0 saturated heterocycles. The molecule has 182 valence electrons.